The lowest BCUT2D eigenvalue weighted by Crippen LogP contribution is -2.45. The lowest BCUT2D eigenvalue weighted by atomic mass is 10.0. The number of ether oxygens (including phenoxy) is 2. The van der Waals surface area contributed by atoms with Crippen molar-refractivity contribution in [2.45, 2.75) is 26.1 Å². The van der Waals surface area contributed by atoms with Crippen LogP contribution in [0.5, 0.6) is 0 Å². The molecule has 8 heteroatoms. The number of rotatable bonds is 11. The Bertz CT molecular complexity index is 1180. The van der Waals surface area contributed by atoms with E-state index in [0.717, 1.165) is 43.9 Å². The van der Waals surface area contributed by atoms with Crippen LogP contribution in [-0.2, 0) is 22.6 Å². The third-order valence-corrected chi connectivity index (χ3v) is 7.72. The summed E-state index contributed by atoms with van der Waals surface area (Å²) in [6, 6.07) is 7.77. The average Bonchev–Trinajstić information content (AvgIpc) is 3.51. The number of carbonyl (C=O) groups excluding carboxylic acids is 2. The van der Waals surface area contributed by atoms with Crippen LogP contribution < -0.4 is 0 Å². The van der Waals surface area contributed by atoms with Gasteiger partial charge in [0.15, 0.2) is 0 Å². The van der Waals surface area contributed by atoms with Crippen LogP contribution in [0, 0.1) is 0 Å². The van der Waals surface area contributed by atoms with Crippen LogP contribution in [0.25, 0.3) is 0 Å². The zero-order valence-electron chi connectivity index (χ0n) is 21.8. The Morgan fingerprint density at radius 1 is 1.05 bits per heavy atom. The number of piperazine rings is 1. The molecule has 2 aromatic rings. The lowest BCUT2D eigenvalue weighted by molar-refractivity contribution is 0.0668. The van der Waals surface area contributed by atoms with Gasteiger partial charge in [-0.1, -0.05) is 30.9 Å². The number of amides is 2. The molecule has 196 valence electrons. The van der Waals surface area contributed by atoms with E-state index in [9.17, 15) is 9.59 Å². The quantitative estimate of drug-likeness (QED) is 0.249. The number of imide groups is 1. The minimum absolute atomic E-state index is 0.144. The maximum Gasteiger partial charge on any atom is 0.262 e. The summed E-state index contributed by atoms with van der Waals surface area (Å²) < 4.78 is 10.7. The van der Waals surface area contributed by atoms with Gasteiger partial charge in [-0.3, -0.25) is 24.3 Å². The van der Waals surface area contributed by atoms with Crippen LogP contribution >= 0.6 is 11.3 Å². The van der Waals surface area contributed by atoms with Crippen molar-refractivity contribution in [1.29, 1.82) is 0 Å². The summed E-state index contributed by atoms with van der Waals surface area (Å²) in [5.74, 6) is 0.124. The first kappa shape index (κ1) is 27.0. The zero-order chi connectivity index (χ0) is 26.4. The number of hydrogen-bond acceptors (Lipinski definition) is 7. The smallest absolute Gasteiger partial charge is 0.262 e. The van der Waals surface area contributed by atoms with Crippen molar-refractivity contribution in [2.24, 2.45) is 0 Å². The first-order valence-corrected chi connectivity index (χ1v) is 13.4. The highest BCUT2D eigenvalue weighted by Gasteiger charge is 2.37. The topological polar surface area (TPSA) is 62.3 Å². The third-order valence-electron chi connectivity index (χ3n) is 6.98. The zero-order valence-corrected chi connectivity index (χ0v) is 22.6. The van der Waals surface area contributed by atoms with Crippen LogP contribution in [0.15, 0.2) is 71.2 Å². The molecule has 1 fully saturated rings. The standard InChI is InChI=1S/C29H35N3O4S/c1-5-22(9-10-26(36-4)21(2)35-3)18-32-28(33)25-8-6-7-24(27(25)29(32)34)19-31-14-12-30(13-15-31)17-23-11-16-37-20-23/h5-11,16,20-21H,1,12-15,17-19H2,2-4H3/b22-9+,26-10+. The van der Waals surface area contributed by atoms with Gasteiger partial charge in [-0.05, 0) is 52.6 Å². The Balaban J connectivity index is 1.43. The highest BCUT2D eigenvalue weighted by Crippen LogP contribution is 2.28. The monoisotopic (exact) mass is 521 g/mol. The molecule has 1 saturated heterocycles. The molecule has 2 amide bonds. The number of benzene rings is 1. The number of methoxy groups -OCH3 is 2. The molecule has 1 aromatic heterocycles. The van der Waals surface area contributed by atoms with Crippen LogP contribution in [0.3, 0.4) is 0 Å². The third kappa shape index (κ3) is 6.27. The molecule has 37 heavy (non-hydrogen) atoms. The van der Waals surface area contributed by atoms with E-state index in [-0.39, 0.29) is 24.5 Å². The summed E-state index contributed by atoms with van der Waals surface area (Å²) in [6.07, 6.45) is 5.03. The van der Waals surface area contributed by atoms with Gasteiger partial charge in [0.2, 0.25) is 0 Å². The Kier molecular flexibility index (Phi) is 9.10. The van der Waals surface area contributed by atoms with E-state index in [0.29, 0.717) is 23.4 Å². The van der Waals surface area contributed by atoms with E-state index in [1.165, 1.54) is 10.5 Å². The molecule has 0 aliphatic carbocycles. The van der Waals surface area contributed by atoms with E-state index in [2.05, 4.69) is 33.2 Å². The highest BCUT2D eigenvalue weighted by atomic mass is 32.1. The summed E-state index contributed by atoms with van der Waals surface area (Å²) in [5, 5.41) is 4.32. The number of thiophene rings is 1. The molecule has 4 rings (SSSR count). The first-order chi connectivity index (χ1) is 17.9. The maximum absolute atomic E-state index is 13.5. The van der Waals surface area contributed by atoms with Crippen molar-refractivity contribution >= 4 is 23.2 Å². The van der Waals surface area contributed by atoms with E-state index in [1.807, 2.05) is 19.1 Å². The predicted octanol–water partition coefficient (Wildman–Crippen LogP) is 4.34. The fourth-order valence-corrected chi connectivity index (χ4v) is 5.37. The van der Waals surface area contributed by atoms with Crippen LogP contribution in [-0.4, -0.2) is 79.6 Å². The van der Waals surface area contributed by atoms with E-state index >= 15 is 0 Å². The van der Waals surface area contributed by atoms with Crippen molar-refractivity contribution in [2.75, 3.05) is 46.9 Å². The van der Waals surface area contributed by atoms with Gasteiger partial charge in [0.1, 0.15) is 11.9 Å². The molecule has 0 spiro atoms. The minimum Gasteiger partial charge on any atom is -0.498 e. The fraction of sp³-hybridized carbons (Fsp3) is 0.379. The molecule has 2 aliphatic rings. The summed E-state index contributed by atoms with van der Waals surface area (Å²) in [5.41, 5.74) is 4.00. The molecule has 1 unspecified atom stereocenters. The molecular formula is C29H35N3O4S. The van der Waals surface area contributed by atoms with Crippen molar-refractivity contribution < 1.29 is 19.1 Å². The van der Waals surface area contributed by atoms with Gasteiger partial charge in [0, 0.05) is 46.4 Å². The van der Waals surface area contributed by atoms with Crippen molar-refractivity contribution in [3.05, 3.63) is 93.4 Å². The molecule has 7 nitrogen and oxygen atoms in total. The normalized spacial score (nSPS) is 18.3. The van der Waals surface area contributed by atoms with Gasteiger partial charge in [-0.25, -0.2) is 0 Å². The van der Waals surface area contributed by atoms with E-state index < -0.39 is 0 Å². The minimum atomic E-state index is -0.267. The van der Waals surface area contributed by atoms with Crippen molar-refractivity contribution in [1.82, 2.24) is 14.7 Å². The molecule has 0 radical (unpaired) electrons. The SMILES string of the molecule is C=C/C(=C\C=C(\OC)C(C)OC)CN1C(=O)c2cccc(CN3CCN(Cc4ccsc4)CC3)c2C1=O. The second-order valence-corrected chi connectivity index (χ2v) is 10.1. The number of allylic oxidation sites excluding steroid dienone is 2. The summed E-state index contributed by atoms with van der Waals surface area (Å²) in [6.45, 7) is 11.3. The Labute approximate surface area is 223 Å². The summed E-state index contributed by atoms with van der Waals surface area (Å²) in [7, 11) is 3.19. The molecule has 2 aliphatic heterocycles. The fourth-order valence-electron chi connectivity index (χ4n) is 4.71. The molecule has 1 aromatic carbocycles. The largest absolute Gasteiger partial charge is 0.498 e. The Hall–Kier alpha value is -3.04. The molecule has 0 saturated carbocycles. The Morgan fingerprint density at radius 3 is 2.41 bits per heavy atom. The van der Waals surface area contributed by atoms with Gasteiger partial charge in [0.05, 0.1) is 24.8 Å². The molecule has 0 N–H and O–H groups in total. The van der Waals surface area contributed by atoms with Gasteiger partial charge >= 0.3 is 0 Å². The first-order valence-electron chi connectivity index (χ1n) is 12.5. The van der Waals surface area contributed by atoms with Gasteiger partial charge in [0.25, 0.3) is 11.8 Å². The van der Waals surface area contributed by atoms with Crippen LogP contribution in [0.2, 0.25) is 0 Å². The second-order valence-electron chi connectivity index (χ2n) is 9.32. The molecular weight excluding hydrogens is 486 g/mol. The highest BCUT2D eigenvalue weighted by molar-refractivity contribution is 7.07. The van der Waals surface area contributed by atoms with E-state index in [4.69, 9.17) is 9.47 Å². The van der Waals surface area contributed by atoms with Crippen molar-refractivity contribution in [3.8, 4) is 0 Å². The maximum atomic E-state index is 13.5. The van der Waals surface area contributed by atoms with Crippen LogP contribution in [0.4, 0.5) is 0 Å². The van der Waals surface area contributed by atoms with E-state index in [1.54, 1.807) is 49.9 Å². The number of hydrogen-bond donors (Lipinski definition) is 0. The Morgan fingerprint density at radius 2 is 1.78 bits per heavy atom. The van der Waals surface area contributed by atoms with Gasteiger partial charge in [-0.15, -0.1) is 0 Å². The number of carbonyl (C=O) groups is 2. The molecule has 0 bridgehead atoms. The lowest BCUT2D eigenvalue weighted by Gasteiger charge is -2.34. The number of fused-ring (bicyclic) bond motifs is 1. The van der Waals surface area contributed by atoms with Crippen molar-refractivity contribution in [3.63, 3.8) is 0 Å². The summed E-state index contributed by atoms with van der Waals surface area (Å²) >= 11 is 1.73. The predicted molar refractivity (Wildman–Crippen MR) is 147 cm³/mol. The summed E-state index contributed by atoms with van der Waals surface area (Å²) in [4.78, 5) is 32.8. The second kappa shape index (κ2) is 12.5. The average molecular weight is 522 g/mol. The molecule has 3 heterocycles. The van der Waals surface area contributed by atoms with Gasteiger partial charge < -0.3 is 9.47 Å². The molecule has 1 atom stereocenters. The van der Waals surface area contributed by atoms with Gasteiger partial charge in [-0.2, -0.15) is 11.3 Å². The number of nitrogens with zero attached hydrogens (tertiary/aromatic N) is 3. The van der Waals surface area contributed by atoms with Crippen LogP contribution in [0.1, 0.15) is 38.8 Å².